The number of hydrogen-bond acceptors (Lipinski definition) is 1. The molecule has 1 aromatic carbocycles. The van der Waals surface area contributed by atoms with Gasteiger partial charge >= 0.3 is 0 Å². The number of aliphatic hydroxyl groups is 1. The smallest absolute Gasteiger partial charge is 0.0571 e. The van der Waals surface area contributed by atoms with Crippen LogP contribution >= 0.6 is 0 Å². The van der Waals surface area contributed by atoms with E-state index in [9.17, 15) is 5.11 Å². The van der Waals surface area contributed by atoms with Gasteiger partial charge in [0, 0.05) is 0 Å². The van der Waals surface area contributed by atoms with E-state index in [1.54, 1.807) is 0 Å². The lowest BCUT2D eigenvalue weighted by atomic mass is 10.0. The van der Waals surface area contributed by atoms with E-state index >= 15 is 0 Å². The molecule has 1 atom stereocenters. The molecule has 2 rings (SSSR count). The summed E-state index contributed by atoms with van der Waals surface area (Å²) in [6, 6.07) is 8.82. The van der Waals surface area contributed by atoms with Crippen LogP contribution in [0.25, 0.3) is 0 Å². The van der Waals surface area contributed by atoms with Crippen LogP contribution in [0.3, 0.4) is 0 Å². The summed E-state index contributed by atoms with van der Waals surface area (Å²) in [6.07, 6.45) is 6.73. The number of hydrogen-bond donors (Lipinski definition) is 1. The van der Waals surface area contributed by atoms with Crippen molar-refractivity contribution in [3.8, 4) is 0 Å². The van der Waals surface area contributed by atoms with E-state index in [0.29, 0.717) is 5.92 Å². The Morgan fingerprint density at radius 3 is 2.56 bits per heavy atom. The first-order valence-electron chi connectivity index (χ1n) is 6.55. The van der Waals surface area contributed by atoms with Gasteiger partial charge in [-0.15, -0.1) is 0 Å². The average molecular weight is 218 g/mol. The van der Waals surface area contributed by atoms with Gasteiger partial charge < -0.3 is 5.11 Å². The topological polar surface area (TPSA) is 20.2 Å². The van der Waals surface area contributed by atoms with Gasteiger partial charge in [0.2, 0.25) is 0 Å². The van der Waals surface area contributed by atoms with E-state index in [1.807, 2.05) is 0 Å². The summed E-state index contributed by atoms with van der Waals surface area (Å²) in [7, 11) is 0. The summed E-state index contributed by atoms with van der Waals surface area (Å²) < 4.78 is 0. The molecule has 0 spiro atoms. The van der Waals surface area contributed by atoms with Crippen molar-refractivity contribution in [2.24, 2.45) is 5.92 Å². The molecule has 1 aromatic rings. The van der Waals surface area contributed by atoms with E-state index in [2.05, 4.69) is 31.2 Å². The third-order valence-electron chi connectivity index (χ3n) is 3.43. The Kier molecular flexibility index (Phi) is 4.00. The molecule has 1 saturated carbocycles. The van der Waals surface area contributed by atoms with Gasteiger partial charge in [-0.25, -0.2) is 0 Å². The van der Waals surface area contributed by atoms with Crippen LogP contribution in [0.5, 0.6) is 0 Å². The minimum absolute atomic E-state index is 0.0603. The van der Waals surface area contributed by atoms with Gasteiger partial charge in [0.05, 0.1) is 6.10 Å². The molecule has 1 heteroatoms. The second-order valence-corrected chi connectivity index (χ2v) is 5.01. The first-order chi connectivity index (χ1) is 7.79. The van der Waals surface area contributed by atoms with Crippen LogP contribution in [0.4, 0.5) is 0 Å². The number of rotatable bonds is 6. The van der Waals surface area contributed by atoms with Crippen molar-refractivity contribution in [2.75, 3.05) is 0 Å². The van der Waals surface area contributed by atoms with Gasteiger partial charge in [-0.2, -0.15) is 0 Å². The van der Waals surface area contributed by atoms with Crippen LogP contribution in [0.2, 0.25) is 0 Å². The molecule has 0 radical (unpaired) electrons. The Hall–Kier alpha value is -0.820. The molecule has 1 unspecified atom stereocenters. The molecule has 0 saturated heterocycles. The fourth-order valence-electron chi connectivity index (χ4n) is 2.26. The molecule has 0 aliphatic heterocycles. The first-order valence-corrected chi connectivity index (χ1v) is 6.55. The summed E-state index contributed by atoms with van der Waals surface area (Å²) in [6.45, 7) is 2.21. The van der Waals surface area contributed by atoms with E-state index in [0.717, 1.165) is 12.8 Å². The predicted molar refractivity (Wildman–Crippen MR) is 67.5 cm³/mol. The van der Waals surface area contributed by atoms with Crippen molar-refractivity contribution < 1.29 is 5.11 Å². The van der Waals surface area contributed by atoms with E-state index < -0.39 is 0 Å². The zero-order valence-electron chi connectivity index (χ0n) is 10.2. The lowest BCUT2D eigenvalue weighted by Gasteiger charge is -2.09. The molecule has 1 nitrogen and oxygen atoms in total. The Morgan fingerprint density at radius 2 is 1.94 bits per heavy atom. The highest BCUT2D eigenvalue weighted by molar-refractivity contribution is 5.23. The molecule has 0 amide bonds. The maximum Gasteiger partial charge on any atom is 0.0571 e. The van der Waals surface area contributed by atoms with Crippen LogP contribution in [-0.4, -0.2) is 11.2 Å². The molecular formula is C15H22O. The SMILES string of the molecule is CCCc1cccc(CCC(O)C2CC2)c1. The third kappa shape index (κ3) is 3.34. The van der Waals surface area contributed by atoms with Crippen molar-refractivity contribution >= 4 is 0 Å². The average Bonchev–Trinajstić information content (AvgIpc) is 3.11. The van der Waals surface area contributed by atoms with Crippen molar-refractivity contribution in [3.63, 3.8) is 0 Å². The Morgan fingerprint density at radius 1 is 1.25 bits per heavy atom. The predicted octanol–water partition coefficient (Wildman–Crippen LogP) is 3.34. The van der Waals surface area contributed by atoms with Crippen molar-refractivity contribution in [1.82, 2.24) is 0 Å². The molecule has 0 bridgehead atoms. The molecule has 0 aromatic heterocycles. The minimum Gasteiger partial charge on any atom is -0.393 e. The standard InChI is InChI=1S/C15H22O/c1-2-4-12-5-3-6-13(11-12)7-10-15(16)14-8-9-14/h3,5-6,11,14-16H,2,4,7-10H2,1H3. The molecular weight excluding hydrogens is 196 g/mol. The first kappa shape index (κ1) is 11.7. The van der Waals surface area contributed by atoms with Gasteiger partial charge in [-0.05, 0) is 49.1 Å². The van der Waals surface area contributed by atoms with Crippen molar-refractivity contribution in [1.29, 1.82) is 0 Å². The molecule has 1 N–H and O–H groups in total. The monoisotopic (exact) mass is 218 g/mol. The summed E-state index contributed by atoms with van der Waals surface area (Å²) >= 11 is 0. The second-order valence-electron chi connectivity index (χ2n) is 5.01. The summed E-state index contributed by atoms with van der Waals surface area (Å²) in [5.74, 6) is 0.610. The summed E-state index contributed by atoms with van der Waals surface area (Å²) in [5.41, 5.74) is 2.81. The third-order valence-corrected chi connectivity index (χ3v) is 3.43. The van der Waals surface area contributed by atoms with Crippen LogP contribution in [0.15, 0.2) is 24.3 Å². The van der Waals surface area contributed by atoms with Crippen molar-refractivity contribution in [3.05, 3.63) is 35.4 Å². The maximum atomic E-state index is 9.82. The largest absolute Gasteiger partial charge is 0.393 e. The van der Waals surface area contributed by atoms with Gasteiger partial charge in [0.1, 0.15) is 0 Å². The molecule has 1 aliphatic rings. The zero-order valence-corrected chi connectivity index (χ0v) is 10.2. The summed E-state index contributed by atoms with van der Waals surface area (Å²) in [5, 5.41) is 9.82. The Balaban J connectivity index is 1.85. The highest BCUT2D eigenvalue weighted by Crippen LogP contribution is 2.34. The number of benzene rings is 1. The van der Waals surface area contributed by atoms with E-state index in [-0.39, 0.29) is 6.10 Å². The summed E-state index contributed by atoms with van der Waals surface area (Å²) in [4.78, 5) is 0. The lowest BCUT2D eigenvalue weighted by Crippen LogP contribution is -2.10. The van der Waals surface area contributed by atoms with Gasteiger partial charge in [0.25, 0.3) is 0 Å². The fraction of sp³-hybridized carbons (Fsp3) is 0.600. The minimum atomic E-state index is -0.0603. The molecule has 16 heavy (non-hydrogen) atoms. The van der Waals surface area contributed by atoms with Crippen LogP contribution in [-0.2, 0) is 12.8 Å². The van der Waals surface area contributed by atoms with Gasteiger partial charge in [0.15, 0.2) is 0 Å². The van der Waals surface area contributed by atoms with E-state index in [1.165, 1.54) is 36.8 Å². The van der Waals surface area contributed by atoms with Crippen LogP contribution in [0, 0.1) is 5.92 Å². The molecule has 0 heterocycles. The molecule has 88 valence electrons. The van der Waals surface area contributed by atoms with Crippen molar-refractivity contribution in [2.45, 2.75) is 51.6 Å². The maximum absolute atomic E-state index is 9.82. The number of aliphatic hydroxyl groups excluding tert-OH is 1. The highest BCUT2D eigenvalue weighted by Gasteiger charge is 2.28. The van der Waals surface area contributed by atoms with Crippen LogP contribution in [0.1, 0.15) is 43.7 Å². The lowest BCUT2D eigenvalue weighted by molar-refractivity contribution is 0.142. The quantitative estimate of drug-likeness (QED) is 0.776. The Labute approximate surface area is 98.5 Å². The van der Waals surface area contributed by atoms with Crippen LogP contribution < -0.4 is 0 Å². The fourth-order valence-corrected chi connectivity index (χ4v) is 2.26. The second kappa shape index (κ2) is 5.49. The highest BCUT2D eigenvalue weighted by atomic mass is 16.3. The molecule has 1 aliphatic carbocycles. The number of aryl methyl sites for hydroxylation is 2. The van der Waals surface area contributed by atoms with Gasteiger partial charge in [-0.1, -0.05) is 37.6 Å². The zero-order chi connectivity index (χ0) is 11.4. The molecule has 1 fully saturated rings. The van der Waals surface area contributed by atoms with Gasteiger partial charge in [-0.3, -0.25) is 0 Å². The Bertz CT molecular complexity index is 328. The van der Waals surface area contributed by atoms with E-state index in [4.69, 9.17) is 0 Å². The normalized spacial score (nSPS) is 17.4.